The summed E-state index contributed by atoms with van der Waals surface area (Å²) in [6, 6.07) is 16.5. The van der Waals surface area contributed by atoms with Crippen LogP contribution >= 0.6 is 0 Å². The van der Waals surface area contributed by atoms with Crippen molar-refractivity contribution in [1.82, 2.24) is 4.90 Å². The van der Waals surface area contributed by atoms with E-state index in [1.165, 1.54) is 17.6 Å². The molecular formula is C19H21NO. The molecule has 3 rings (SSSR count). The van der Waals surface area contributed by atoms with Gasteiger partial charge in [0, 0.05) is 17.7 Å². The predicted octanol–water partition coefficient (Wildman–Crippen LogP) is 4.67. The van der Waals surface area contributed by atoms with Gasteiger partial charge in [0.15, 0.2) is 0 Å². The number of hydrogen-bond acceptors (Lipinski definition) is 2. The number of para-hydroxylation sites is 2. The largest absolute Gasteiger partial charge is 0.456 e. The third-order valence-electron chi connectivity index (χ3n) is 3.75. The Balaban J connectivity index is 2.04. The first-order valence-corrected chi connectivity index (χ1v) is 7.53. The molecule has 2 heteroatoms. The van der Waals surface area contributed by atoms with Crippen LogP contribution in [-0.2, 0) is 0 Å². The van der Waals surface area contributed by atoms with Crippen LogP contribution in [0.25, 0.3) is 11.6 Å². The molecular weight excluding hydrogens is 258 g/mol. The molecule has 108 valence electrons. The molecule has 0 aliphatic carbocycles. The monoisotopic (exact) mass is 279 g/mol. The number of nitrogens with zero attached hydrogens (tertiary/aromatic N) is 1. The molecule has 2 nitrogen and oxygen atoms in total. The Kier molecular flexibility index (Phi) is 4.07. The van der Waals surface area contributed by atoms with Gasteiger partial charge in [0.2, 0.25) is 0 Å². The van der Waals surface area contributed by atoms with Gasteiger partial charge in [0.05, 0.1) is 0 Å². The van der Waals surface area contributed by atoms with Crippen LogP contribution in [0.15, 0.2) is 48.5 Å². The molecule has 0 radical (unpaired) electrons. The molecule has 0 fully saturated rings. The molecule has 1 aliphatic rings. The molecule has 1 aliphatic heterocycles. The Bertz CT molecular complexity index is 660. The van der Waals surface area contributed by atoms with Crippen molar-refractivity contribution in [3.05, 3.63) is 59.7 Å². The summed E-state index contributed by atoms with van der Waals surface area (Å²) in [7, 11) is 2.17. The maximum atomic E-state index is 6.10. The zero-order valence-electron chi connectivity index (χ0n) is 12.7. The van der Waals surface area contributed by atoms with Crippen LogP contribution in [0.2, 0.25) is 0 Å². The first-order chi connectivity index (χ1) is 10.3. The average Bonchev–Trinajstić information content (AvgIpc) is 2.64. The van der Waals surface area contributed by atoms with Crippen molar-refractivity contribution < 1.29 is 4.74 Å². The maximum Gasteiger partial charge on any atom is 0.135 e. The third kappa shape index (κ3) is 3.01. The van der Waals surface area contributed by atoms with E-state index >= 15 is 0 Å². The zero-order chi connectivity index (χ0) is 14.7. The summed E-state index contributed by atoms with van der Waals surface area (Å²) in [5.74, 6) is 1.87. The molecule has 0 spiro atoms. The van der Waals surface area contributed by atoms with Crippen LogP contribution < -0.4 is 4.74 Å². The first-order valence-electron chi connectivity index (χ1n) is 7.53. The van der Waals surface area contributed by atoms with Crippen molar-refractivity contribution in [2.45, 2.75) is 13.3 Å². The topological polar surface area (TPSA) is 12.5 Å². The summed E-state index contributed by atoms with van der Waals surface area (Å²) >= 11 is 0. The Morgan fingerprint density at radius 2 is 1.67 bits per heavy atom. The van der Waals surface area contributed by atoms with Crippen LogP contribution in [0.4, 0.5) is 0 Å². The molecule has 0 bridgehead atoms. The molecule has 0 saturated heterocycles. The molecule has 2 aromatic carbocycles. The molecule has 0 unspecified atom stereocenters. The minimum atomic E-state index is 0.929. The van der Waals surface area contributed by atoms with E-state index in [2.05, 4.69) is 49.2 Å². The fourth-order valence-electron chi connectivity index (χ4n) is 2.78. The summed E-state index contributed by atoms with van der Waals surface area (Å²) in [5, 5.41) is 0. The van der Waals surface area contributed by atoms with E-state index in [4.69, 9.17) is 4.74 Å². The Hall–Kier alpha value is -2.06. The second-order valence-electron chi connectivity index (χ2n) is 5.54. The highest BCUT2D eigenvalue weighted by molar-refractivity contribution is 5.87. The summed E-state index contributed by atoms with van der Waals surface area (Å²) in [4.78, 5) is 2.36. The molecule has 2 aromatic rings. The highest BCUT2D eigenvalue weighted by Gasteiger charge is 2.16. The van der Waals surface area contributed by atoms with Crippen molar-refractivity contribution in [1.29, 1.82) is 0 Å². The zero-order valence-corrected chi connectivity index (χ0v) is 12.7. The summed E-state index contributed by atoms with van der Waals surface area (Å²) in [6.07, 6.45) is 3.42. The van der Waals surface area contributed by atoms with E-state index < -0.39 is 0 Å². The summed E-state index contributed by atoms with van der Waals surface area (Å²) in [5.41, 5.74) is 3.65. The SMILES string of the molecule is CCCN(C)CC1=Cc2ccccc2Oc2ccccc21. The predicted molar refractivity (Wildman–Crippen MR) is 88.6 cm³/mol. The lowest BCUT2D eigenvalue weighted by Crippen LogP contribution is -2.21. The van der Waals surface area contributed by atoms with Gasteiger partial charge in [-0.2, -0.15) is 0 Å². The van der Waals surface area contributed by atoms with Crippen LogP contribution in [-0.4, -0.2) is 25.0 Å². The van der Waals surface area contributed by atoms with Gasteiger partial charge >= 0.3 is 0 Å². The van der Waals surface area contributed by atoms with E-state index in [9.17, 15) is 0 Å². The average molecular weight is 279 g/mol. The van der Waals surface area contributed by atoms with Crippen molar-refractivity contribution >= 4 is 11.6 Å². The molecule has 0 saturated carbocycles. The van der Waals surface area contributed by atoms with Crippen LogP contribution in [0.3, 0.4) is 0 Å². The molecule has 0 atom stereocenters. The van der Waals surface area contributed by atoms with Crippen LogP contribution in [0.1, 0.15) is 24.5 Å². The van der Waals surface area contributed by atoms with Crippen LogP contribution in [0, 0.1) is 0 Å². The number of benzene rings is 2. The minimum absolute atomic E-state index is 0.929. The lowest BCUT2D eigenvalue weighted by Gasteiger charge is -2.18. The maximum absolute atomic E-state index is 6.10. The second kappa shape index (κ2) is 6.15. The molecule has 0 N–H and O–H groups in total. The van der Waals surface area contributed by atoms with Gasteiger partial charge in [-0.1, -0.05) is 43.3 Å². The second-order valence-corrected chi connectivity index (χ2v) is 5.54. The van der Waals surface area contributed by atoms with Gasteiger partial charge in [-0.3, -0.25) is 0 Å². The van der Waals surface area contributed by atoms with Gasteiger partial charge in [-0.05, 0) is 43.8 Å². The minimum Gasteiger partial charge on any atom is -0.456 e. The standard InChI is InChI=1S/C19H21NO/c1-3-12-20(2)14-16-13-15-8-4-6-10-18(15)21-19-11-7-5-9-17(16)19/h4-11,13H,3,12,14H2,1-2H3. The van der Waals surface area contributed by atoms with E-state index in [0.717, 1.165) is 30.2 Å². The van der Waals surface area contributed by atoms with Crippen molar-refractivity contribution in [2.75, 3.05) is 20.1 Å². The highest BCUT2D eigenvalue weighted by Crippen LogP contribution is 2.37. The molecule has 21 heavy (non-hydrogen) atoms. The van der Waals surface area contributed by atoms with Gasteiger partial charge < -0.3 is 9.64 Å². The van der Waals surface area contributed by atoms with E-state index in [-0.39, 0.29) is 0 Å². The van der Waals surface area contributed by atoms with E-state index in [1.807, 2.05) is 24.3 Å². The lowest BCUT2D eigenvalue weighted by atomic mass is 10.0. The van der Waals surface area contributed by atoms with Crippen molar-refractivity contribution in [3.8, 4) is 11.5 Å². The molecule has 1 heterocycles. The third-order valence-corrected chi connectivity index (χ3v) is 3.75. The van der Waals surface area contributed by atoms with Gasteiger partial charge in [-0.15, -0.1) is 0 Å². The lowest BCUT2D eigenvalue weighted by molar-refractivity contribution is 0.376. The number of likely N-dealkylation sites (N-methyl/N-ethyl adjacent to an activating group) is 1. The Labute approximate surface area is 126 Å². The first kappa shape index (κ1) is 13.9. The van der Waals surface area contributed by atoms with Gasteiger partial charge in [0.1, 0.15) is 11.5 Å². The highest BCUT2D eigenvalue weighted by atomic mass is 16.5. The van der Waals surface area contributed by atoms with Gasteiger partial charge in [0.25, 0.3) is 0 Å². The molecule has 0 aromatic heterocycles. The smallest absolute Gasteiger partial charge is 0.135 e. The van der Waals surface area contributed by atoms with Crippen LogP contribution in [0.5, 0.6) is 11.5 Å². The Morgan fingerprint density at radius 1 is 0.952 bits per heavy atom. The van der Waals surface area contributed by atoms with Crippen molar-refractivity contribution in [3.63, 3.8) is 0 Å². The van der Waals surface area contributed by atoms with Gasteiger partial charge in [-0.25, -0.2) is 0 Å². The fourth-order valence-corrected chi connectivity index (χ4v) is 2.78. The number of hydrogen-bond donors (Lipinski definition) is 0. The number of fused-ring (bicyclic) bond motifs is 2. The normalized spacial score (nSPS) is 13.0. The number of rotatable bonds is 4. The van der Waals surface area contributed by atoms with E-state index in [0.29, 0.717) is 0 Å². The quantitative estimate of drug-likeness (QED) is 0.806. The van der Waals surface area contributed by atoms with Crippen molar-refractivity contribution in [2.24, 2.45) is 0 Å². The summed E-state index contributed by atoms with van der Waals surface area (Å²) < 4.78 is 6.10. The fraction of sp³-hybridized carbons (Fsp3) is 0.263. The van der Waals surface area contributed by atoms with E-state index in [1.54, 1.807) is 0 Å². The molecule has 0 amide bonds. The Morgan fingerprint density at radius 3 is 2.48 bits per heavy atom. The summed E-state index contributed by atoms with van der Waals surface area (Å²) in [6.45, 7) is 4.24. The number of ether oxygens (including phenoxy) is 1.